The van der Waals surface area contributed by atoms with E-state index in [-0.39, 0.29) is 5.56 Å². The maximum Gasteiger partial charge on any atom is 0.338 e. The summed E-state index contributed by atoms with van der Waals surface area (Å²) in [5, 5.41) is 47.5. The fourth-order valence-corrected chi connectivity index (χ4v) is 5.49. The highest BCUT2D eigenvalue weighted by atomic mass is 16.5. The van der Waals surface area contributed by atoms with Crippen molar-refractivity contribution in [1.82, 2.24) is 0 Å². The average molecular weight is 639 g/mol. The molecule has 262 valence electrons. The Hall–Kier alpha value is -1.71. The highest BCUT2D eigenvalue weighted by molar-refractivity contribution is 5.89. The summed E-state index contributed by atoms with van der Waals surface area (Å²) in [4.78, 5) is 12.2. The molecule has 0 saturated carbocycles. The molecule has 0 spiro atoms. The third-order valence-electron chi connectivity index (χ3n) is 8.57. The minimum atomic E-state index is -1.78. The van der Waals surface area contributed by atoms with E-state index in [2.05, 4.69) is 6.92 Å². The van der Waals surface area contributed by atoms with Crippen molar-refractivity contribution in [2.45, 2.75) is 173 Å². The van der Waals surface area contributed by atoms with Crippen molar-refractivity contribution in [3.8, 4) is 5.75 Å². The number of unbranched alkanes of at least 4 members (excludes halogenated alkanes) is 21. The van der Waals surface area contributed by atoms with Crippen molar-refractivity contribution in [3.63, 3.8) is 0 Å². The summed E-state index contributed by atoms with van der Waals surface area (Å²) < 4.78 is 10.8. The Labute approximate surface area is 273 Å². The molecule has 0 aliphatic heterocycles. The second-order valence-corrected chi connectivity index (χ2v) is 12.7. The summed E-state index contributed by atoms with van der Waals surface area (Å²) in [7, 11) is 0. The first-order chi connectivity index (χ1) is 21.9. The van der Waals surface area contributed by atoms with Crippen molar-refractivity contribution in [3.05, 3.63) is 29.8 Å². The molecular weight excluding hydrogens is 572 g/mol. The van der Waals surface area contributed by atoms with E-state index in [9.17, 15) is 25.2 Å². The summed E-state index contributed by atoms with van der Waals surface area (Å²) in [6.07, 6.45) is 23.2. The molecule has 8 nitrogen and oxygen atoms in total. The first-order valence-corrected chi connectivity index (χ1v) is 18.1. The Morgan fingerprint density at radius 1 is 0.578 bits per heavy atom. The first-order valence-electron chi connectivity index (χ1n) is 18.1. The molecule has 1 rings (SSSR count). The highest BCUT2D eigenvalue weighted by Gasteiger charge is 2.30. The number of hydrogen-bond donors (Lipinski definition) is 5. The molecule has 0 unspecified atom stereocenters. The fraction of sp³-hybridized carbons (Fsp3) is 0.811. The zero-order chi connectivity index (χ0) is 33.0. The second kappa shape index (κ2) is 28.5. The third kappa shape index (κ3) is 21.7. The van der Waals surface area contributed by atoms with Gasteiger partial charge in [0.2, 0.25) is 0 Å². The smallest absolute Gasteiger partial charge is 0.338 e. The van der Waals surface area contributed by atoms with Crippen LogP contribution in [-0.4, -0.2) is 75.7 Å². The molecular formula is C37H66O8. The van der Waals surface area contributed by atoms with E-state index < -0.39 is 43.6 Å². The molecule has 1 aromatic rings. The monoisotopic (exact) mass is 638 g/mol. The minimum absolute atomic E-state index is 0.254. The van der Waals surface area contributed by atoms with Crippen LogP contribution in [0.4, 0.5) is 0 Å². The summed E-state index contributed by atoms with van der Waals surface area (Å²) in [6.45, 7) is 1.55. The molecule has 0 radical (unpaired) electrons. The summed E-state index contributed by atoms with van der Waals surface area (Å²) in [5.41, 5.74) is 0.254. The molecule has 5 N–H and O–H groups in total. The van der Waals surface area contributed by atoms with Crippen LogP contribution < -0.4 is 4.74 Å². The lowest BCUT2D eigenvalue weighted by molar-refractivity contribution is -0.124. The van der Waals surface area contributed by atoms with Crippen molar-refractivity contribution in [1.29, 1.82) is 0 Å². The number of esters is 1. The van der Waals surface area contributed by atoms with Crippen LogP contribution in [0.1, 0.15) is 159 Å². The van der Waals surface area contributed by atoms with Crippen LogP contribution >= 0.6 is 0 Å². The topological polar surface area (TPSA) is 137 Å². The van der Waals surface area contributed by atoms with Gasteiger partial charge in [-0.15, -0.1) is 0 Å². The Morgan fingerprint density at radius 2 is 0.956 bits per heavy atom. The predicted molar refractivity (Wildman–Crippen MR) is 181 cm³/mol. The lowest BCUT2D eigenvalue weighted by atomic mass is 10.0. The molecule has 0 bridgehead atoms. The van der Waals surface area contributed by atoms with Crippen LogP contribution in [0.5, 0.6) is 5.75 Å². The number of carbonyl (C=O) groups excluding carboxylic acids is 1. The lowest BCUT2D eigenvalue weighted by Crippen LogP contribution is -2.47. The Kier molecular flexibility index (Phi) is 26.2. The fourth-order valence-electron chi connectivity index (χ4n) is 5.49. The Bertz CT molecular complexity index is 802. The molecule has 45 heavy (non-hydrogen) atoms. The van der Waals surface area contributed by atoms with Crippen LogP contribution in [0.25, 0.3) is 0 Å². The zero-order valence-electron chi connectivity index (χ0n) is 28.3. The number of rotatable bonds is 31. The SMILES string of the molecule is CCCCCCCCCCCCCCCCCCCCCCCCOc1ccc(C(=O)OC[C@@H](O)[C@@H](O)[C@H](O)[C@@H](O)CO)cc1. The van der Waals surface area contributed by atoms with E-state index in [1.54, 1.807) is 24.3 Å². The molecule has 1 aromatic carbocycles. The maximum atomic E-state index is 12.2. The largest absolute Gasteiger partial charge is 0.494 e. The van der Waals surface area contributed by atoms with E-state index in [4.69, 9.17) is 14.6 Å². The molecule has 0 heterocycles. The predicted octanol–water partition coefficient (Wildman–Crippen LogP) is 7.26. The molecule has 8 heteroatoms. The minimum Gasteiger partial charge on any atom is -0.494 e. The average Bonchev–Trinajstić information content (AvgIpc) is 3.06. The van der Waals surface area contributed by atoms with E-state index >= 15 is 0 Å². The molecule has 0 aliphatic rings. The molecule has 4 atom stereocenters. The van der Waals surface area contributed by atoms with E-state index in [1.165, 1.54) is 128 Å². The van der Waals surface area contributed by atoms with Gasteiger partial charge in [0.15, 0.2) is 0 Å². The van der Waals surface area contributed by atoms with Gasteiger partial charge in [0.05, 0.1) is 18.8 Å². The lowest BCUT2D eigenvalue weighted by Gasteiger charge is -2.25. The van der Waals surface area contributed by atoms with Gasteiger partial charge in [0, 0.05) is 0 Å². The van der Waals surface area contributed by atoms with Gasteiger partial charge in [-0.3, -0.25) is 0 Å². The molecule has 0 saturated heterocycles. The van der Waals surface area contributed by atoms with E-state index in [0.29, 0.717) is 12.4 Å². The number of carbonyl (C=O) groups is 1. The van der Waals surface area contributed by atoms with Crippen molar-refractivity contribution >= 4 is 5.97 Å². The Balaban J connectivity index is 1.92. The summed E-state index contributed by atoms with van der Waals surface area (Å²) >= 11 is 0. The molecule has 0 aliphatic carbocycles. The number of hydrogen-bond acceptors (Lipinski definition) is 8. The second-order valence-electron chi connectivity index (χ2n) is 12.7. The van der Waals surface area contributed by atoms with Gasteiger partial charge in [-0.1, -0.05) is 142 Å². The van der Waals surface area contributed by atoms with Crippen LogP contribution in [0.15, 0.2) is 24.3 Å². The quantitative estimate of drug-likeness (QED) is 0.0423. The molecule has 0 amide bonds. The van der Waals surface area contributed by atoms with Gasteiger partial charge in [-0.2, -0.15) is 0 Å². The van der Waals surface area contributed by atoms with Crippen molar-refractivity contribution in [2.75, 3.05) is 19.8 Å². The van der Waals surface area contributed by atoms with E-state index in [1.807, 2.05) is 0 Å². The van der Waals surface area contributed by atoms with Crippen LogP contribution in [0.2, 0.25) is 0 Å². The van der Waals surface area contributed by atoms with Crippen LogP contribution in [0, 0.1) is 0 Å². The Morgan fingerprint density at radius 3 is 1.36 bits per heavy atom. The maximum absolute atomic E-state index is 12.2. The zero-order valence-corrected chi connectivity index (χ0v) is 28.3. The normalized spacial score (nSPS) is 14.2. The summed E-state index contributed by atoms with van der Waals surface area (Å²) in [6, 6.07) is 6.48. The van der Waals surface area contributed by atoms with Gasteiger partial charge in [-0.05, 0) is 30.7 Å². The number of aliphatic hydroxyl groups is 5. The van der Waals surface area contributed by atoms with Gasteiger partial charge >= 0.3 is 5.97 Å². The highest BCUT2D eigenvalue weighted by Crippen LogP contribution is 2.17. The van der Waals surface area contributed by atoms with E-state index in [0.717, 1.165) is 12.8 Å². The van der Waals surface area contributed by atoms with Crippen LogP contribution in [-0.2, 0) is 4.74 Å². The van der Waals surface area contributed by atoms with Crippen LogP contribution in [0.3, 0.4) is 0 Å². The molecule has 0 fully saturated rings. The third-order valence-corrected chi connectivity index (χ3v) is 8.57. The van der Waals surface area contributed by atoms with Gasteiger partial charge < -0.3 is 35.0 Å². The van der Waals surface area contributed by atoms with Gasteiger partial charge in [0.1, 0.15) is 36.8 Å². The summed E-state index contributed by atoms with van der Waals surface area (Å²) in [5.74, 6) is -0.0452. The number of ether oxygens (including phenoxy) is 2. The number of aliphatic hydroxyl groups excluding tert-OH is 5. The van der Waals surface area contributed by atoms with Crippen molar-refractivity contribution in [2.24, 2.45) is 0 Å². The van der Waals surface area contributed by atoms with Crippen molar-refractivity contribution < 1.29 is 39.8 Å². The van der Waals surface area contributed by atoms with Gasteiger partial charge in [-0.25, -0.2) is 4.79 Å². The first kappa shape index (κ1) is 41.3. The number of benzene rings is 1. The van der Waals surface area contributed by atoms with Gasteiger partial charge in [0.25, 0.3) is 0 Å². The standard InChI is InChI=1S/C37H66O8/c1-2-3-4-5-6-7-8-9-10-11-12-13-14-15-16-17-18-19-20-21-22-23-28-44-32-26-24-31(25-27-32)37(43)45-30-34(40)36(42)35(41)33(39)29-38/h24-27,33-36,38-42H,2-23,28-30H2,1H3/t33-,34+,35+,36+/m0/s1. The molecule has 0 aromatic heterocycles.